The van der Waals surface area contributed by atoms with E-state index in [9.17, 15) is 9.59 Å². The van der Waals surface area contributed by atoms with Gasteiger partial charge in [-0.05, 0) is 59.7 Å². The van der Waals surface area contributed by atoms with Crippen molar-refractivity contribution >= 4 is 23.2 Å². The van der Waals surface area contributed by atoms with Crippen LogP contribution < -0.4 is 15.4 Å². The molecule has 0 saturated carbocycles. The summed E-state index contributed by atoms with van der Waals surface area (Å²) >= 11 is 0. The van der Waals surface area contributed by atoms with E-state index >= 15 is 0 Å². The molecule has 7 nitrogen and oxygen atoms in total. The molecule has 5 aromatic rings. The Labute approximate surface area is 220 Å². The molecule has 2 amide bonds. The number of hydrogen-bond acceptors (Lipinski definition) is 5. The molecule has 188 valence electrons. The fraction of sp³-hybridized carbons (Fsp3) is 0.0645. The minimum atomic E-state index is -0.444. The summed E-state index contributed by atoms with van der Waals surface area (Å²) in [6, 6.07) is 31.9. The van der Waals surface area contributed by atoms with Crippen molar-refractivity contribution in [1.29, 1.82) is 0 Å². The summed E-state index contributed by atoms with van der Waals surface area (Å²) in [5.74, 6) is 0.539. The second-order valence-electron chi connectivity index (χ2n) is 8.56. The number of nitrogens with zero attached hydrogens (tertiary/aromatic N) is 1. The first-order chi connectivity index (χ1) is 18.5. The summed E-state index contributed by atoms with van der Waals surface area (Å²) in [6.45, 7) is 1.44. The van der Waals surface area contributed by atoms with Crippen molar-refractivity contribution < 1.29 is 18.7 Å². The van der Waals surface area contributed by atoms with Crippen LogP contribution in [0, 0.1) is 0 Å². The van der Waals surface area contributed by atoms with Crippen molar-refractivity contribution in [1.82, 2.24) is 4.98 Å². The Morgan fingerprint density at radius 2 is 1.37 bits per heavy atom. The molecule has 0 bridgehead atoms. The van der Waals surface area contributed by atoms with Crippen LogP contribution in [0.5, 0.6) is 5.75 Å². The van der Waals surface area contributed by atoms with Crippen molar-refractivity contribution in [3.05, 3.63) is 109 Å². The second-order valence-corrected chi connectivity index (χ2v) is 8.56. The Morgan fingerprint density at radius 1 is 0.737 bits per heavy atom. The molecule has 0 fully saturated rings. The van der Waals surface area contributed by atoms with Gasteiger partial charge in [-0.15, -0.1) is 0 Å². The normalized spacial score (nSPS) is 10.6. The van der Waals surface area contributed by atoms with Crippen LogP contribution in [0.2, 0.25) is 0 Å². The molecule has 2 N–H and O–H groups in total. The Morgan fingerprint density at radius 3 is 2.00 bits per heavy atom. The molecule has 1 aromatic heterocycles. The zero-order chi connectivity index (χ0) is 26.5. The molecular formula is C31H25N3O4. The molecule has 0 saturated heterocycles. The molecule has 0 atom stereocenters. The van der Waals surface area contributed by atoms with E-state index in [1.807, 2.05) is 78.9 Å². The highest BCUT2D eigenvalue weighted by atomic mass is 16.5. The highest BCUT2D eigenvalue weighted by Crippen LogP contribution is 2.34. The van der Waals surface area contributed by atoms with Crippen molar-refractivity contribution in [2.45, 2.75) is 6.92 Å². The van der Waals surface area contributed by atoms with Gasteiger partial charge in [0.1, 0.15) is 5.75 Å². The van der Waals surface area contributed by atoms with Gasteiger partial charge in [-0.3, -0.25) is 9.59 Å². The smallest absolute Gasteiger partial charge is 0.278 e. The number of amides is 2. The SMILES string of the molecule is COc1ccc(-c2ccccc2)cc1NC(=O)c1nc(-c2ccccc2)oc1-c1ccc(NC(C)=O)cc1. The monoisotopic (exact) mass is 503 g/mol. The number of anilines is 2. The van der Waals surface area contributed by atoms with Crippen molar-refractivity contribution in [3.63, 3.8) is 0 Å². The van der Waals surface area contributed by atoms with Crippen LogP contribution in [-0.4, -0.2) is 23.9 Å². The van der Waals surface area contributed by atoms with E-state index in [1.54, 1.807) is 31.4 Å². The van der Waals surface area contributed by atoms with Crippen LogP contribution in [0.1, 0.15) is 17.4 Å². The van der Waals surface area contributed by atoms with E-state index in [0.29, 0.717) is 34.3 Å². The van der Waals surface area contributed by atoms with Gasteiger partial charge in [0.05, 0.1) is 12.8 Å². The third-order valence-corrected chi connectivity index (χ3v) is 5.89. The lowest BCUT2D eigenvalue weighted by Crippen LogP contribution is -2.14. The van der Waals surface area contributed by atoms with E-state index in [-0.39, 0.29) is 11.6 Å². The number of carbonyl (C=O) groups excluding carboxylic acids is 2. The molecule has 4 aromatic carbocycles. The van der Waals surface area contributed by atoms with E-state index in [4.69, 9.17) is 9.15 Å². The average Bonchev–Trinajstić information content (AvgIpc) is 3.40. The standard InChI is InChI=1S/C31H25N3O4/c1-20(35)32-25-16-13-22(14-17-25)29-28(34-31(38-29)23-11-7-4-8-12-23)30(36)33-26-19-24(15-18-27(26)37-2)21-9-5-3-6-10-21/h3-19H,1-2H3,(H,32,35)(H,33,36). The predicted octanol–water partition coefficient (Wildman–Crippen LogP) is 6.89. The quantitative estimate of drug-likeness (QED) is 0.252. The molecule has 0 unspecified atom stereocenters. The number of carbonyl (C=O) groups is 2. The van der Waals surface area contributed by atoms with E-state index in [2.05, 4.69) is 15.6 Å². The molecule has 0 radical (unpaired) electrons. The fourth-order valence-electron chi connectivity index (χ4n) is 4.08. The zero-order valence-electron chi connectivity index (χ0n) is 20.9. The van der Waals surface area contributed by atoms with E-state index in [1.165, 1.54) is 6.92 Å². The lowest BCUT2D eigenvalue weighted by Gasteiger charge is -2.12. The van der Waals surface area contributed by atoms with Crippen LogP contribution in [0.3, 0.4) is 0 Å². The molecule has 0 spiro atoms. The highest BCUT2D eigenvalue weighted by Gasteiger charge is 2.23. The van der Waals surface area contributed by atoms with Gasteiger partial charge in [-0.1, -0.05) is 54.6 Å². The molecule has 0 aliphatic rings. The maximum Gasteiger partial charge on any atom is 0.278 e. The Hall–Kier alpha value is -5.17. The summed E-state index contributed by atoms with van der Waals surface area (Å²) in [5.41, 5.74) is 4.60. The summed E-state index contributed by atoms with van der Waals surface area (Å²) in [7, 11) is 1.55. The molecule has 0 aliphatic heterocycles. The molecule has 0 aliphatic carbocycles. The first-order valence-corrected chi connectivity index (χ1v) is 12.0. The van der Waals surface area contributed by atoms with Gasteiger partial charge in [-0.25, -0.2) is 4.98 Å². The third kappa shape index (κ3) is 5.32. The first kappa shape index (κ1) is 24.5. The number of benzene rings is 4. The largest absolute Gasteiger partial charge is 0.495 e. The van der Waals surface area contributed by atoms with Gasteiger partial charge >= 0.3 is 0 Å². The maximum atomic E-state index is 13.6. The maximum absolute atomic E-state index is 13.6. The van der Waals surface area contributed by atoms with Crippen LogP contribution in [0.4, 0.5) is 11.4 Å². The summed E-state index contributed by atoms with van der Waals surface area (Å²) < 4.78 is 11.6. The number of nitrogens with one attached hydrogen (secondary N) is 2. The van der Waals surface area contributed by atoms with E-state index < -0.39 is 5.91 Å². The van der Waals surface area contributed by atoms with Gasteiger partial charge in [0.25, 0.3) is 5.91 Å². The molecule has 7 heteroatoms. The number of aromatic nitrogens is 1. The van der Waals surface area contributed by atoms with Crippen LogP contribution in [-0.2, 0) is 4.79 Å². The number of rotatable bonds is 7. The third-order valence-electron chi connectivity index (χ3n) is 5.89. The lowest BCUT2D eigenvalue weighted by atomic mass is 10.0. The van der Waals surface area contributed by atoms with Gasteiger partial charge < -0.3 is 19.8 Å². The molecule has 1 heterocycles. The number of ether oxygens (including phenoxy) is 1. The fourth-order valence-corrected chi connectivity index (χ4v) is 4.08. The van der Waals surface area contributed by atoms with Gasteiger partial charge in [0, 0.05) is 23.7 Å². The summed E-state index contributed by atoms with van der Waals surface area (Å²) in [4.78, 5) is 29.6. The minimum absolute atomic E-state index is 0.128. The number of hydrogen-bond donors (Lipinski definition) is 2. The van der Waals surface area contributed by atoms with Gasteiger partial charge in [0.2, 0.25) is 11.8 Å². The molecule has 38 heavy (non-hydrogen) atoms. The highest BCUT2D eigenvalue weighted by molar-refractivity contribution is 6.07. The van der Waals surface area contributed by atoms with Crippen LogP contribution >= 0.6 is 0 Å². The first-order valence-electron chi connectivity index (χ1n) is 12.0. The number of methoxy groups -OCH3 is 1. The summed E-state index contributed by atoms with van der Waals surface area (Å²) in [6.07, 6.45) is 0. The Bertz CT molecular complexity index is 1580. The lowest BCUT2D eigenvalue weighted by molar-refractivity contribution is -0.114. The topological polar surface area (TPSA) is 93.5 Å². The Balaban J connectivity index is 1.53. The van der Waals surface area contributed by atoms with E-state index in [0.717, 1.165) is 16.7 Å². The summed E-state index contributed by atoms with van der Waals surface area (Å²) in [5, 5.41) is 5.69. The molecule has 5 rings (SSSR count). The van der Waals surface area contributed by atoms with Crippen molar-refractivity contribution in [3.8, 4) is 39.7 Å². The van der Waals surface area contributed by atoms with Crippen molar-refractivity contribution in [2.24, 2.45) is 0 Å². The second kappa shape index (κ2) is 10.8. The van der Waals surface area contributed by atoms with Crippen LogP contribution in [0.15, 0.2) is 108 Å². The molecular weight excluding hydrogens is 478 g/mol. The van der Waals surface area contributed by atoms with Crippen LogP contribution in [0.25, 0.3) is 33.9 Å². The Kier molecular flexibility index (Phi) is 6.99. The zero-order valence-corrected chi connectivity index (χ0v) is 20.9. The minimum Gasteiger partial charge on any atom is -0.495 e. The van der Waals surface area contributed by atoms with Crippen molar-refractivity contribution in [2.75, 3.05) is 17.7 Å². The van der Waals surface area contributed by atoms with Gasteiger partial charge in [0.15, 0.2) is 11.5 Å². The van der Waals surface area contributed by atoms with Gasteiger partial charge in [-0.2, -0.15) is 0 Å². The predicted molar refractivity (Wildman–Crippen MR) is 148 cm³/mol. The number of oxazole rings is 1. The average molecular weight is 504 g/mol.